The van der Waals surface area contributed by atoms with Crippen molar-refractivity contribution in [3.63, 3.8) is 0 Å². The molecule has 0 unspecified atom stereocenters. The van der Waals surface area contributed by atoms with E-state index in [1.165, 1.54) is 4.57 Å². The van der Waals surface area contributed by atoms with Crippen molar-refractivity contribution in [2.45, 2.75) is 19.3 Å². The number of nitrogens with zero attached hydrogens (tertiary/aromatic N) is 3. The minimum atomic E-state index is -4.85. The van der Waals surface area contributed by atoms with Gasteiger partial charge in [0.25, 0.3) is 5.91 Å². The highest BCUT2D eigenvalue weighted by Gasteiger charge is 2.31. The number of anilines is 1. The van der Waals surface area contributed by atoms with Gasteiger partial charge in [-0.05, 0) is 18.2 Å². The highest BCUT2D eigenvalue weighted by molar-refractivity contribution is 6.34. The van der Waals surface area contributed by atoms with E-state index in [0.717, 1.165) is 0 Å². The molecule has 0 aliphatic carbocycles. The molecule has 4 rings (SSSR count). The van der Waals surface area contributed by atoms with Crippen LogP contribution in [0.2, 0.25) is 5.02 Å². The van der Waals surface area contributed by atoms with Crippen LogP contribution in [0.15, 0.2) is 29.1 Å². The van der Waals surface area contributed by atoms with E-state index in [2.05, 4.69) is 9.84 Å². The third kappa shape index (κ3) is 4.98. The van der Waals surface area contributed by atoms with Gasteiger partial charge >= 0.3 is 11.9 Å². The lowest BCUT2D eigenvalue weighted by Crippen LogP contribution is -2.29. The SMILES string of the molecule is O=C(Nc1c(F)ccc(F)c1Cl)c1cc(F)c(-n2nc3n(c2=O)CCOC3)cc1OCC(F)(F)F. The van der Waals surface area contributed by atoms with Gasteiger partial charge in [0.1, 0.15) is 40.5 Å². The van der Waals surface area contributed by atoms with Crippen LogP contribution in [0.1, 0.15) is 16.2 Å². The Hall–Kier alpha value is -3.52. The molecule has 0 saturated heterocycles. The lowest BCUT2D eigenvalue weighted by molar-refractivity contribution is -0.153. The zero-order valence-corrected chi connectivity index (χ0v) is 18.0. The summed E-state index contributed by atoms with van der Waals surface area (Å²) >= 11 is 5.65. The van der Waals surface area contributed by atoms with E-state index < -0.39 is 69.5 Å². The minimum absolute atomic E-state index is 0.0538. The van der Waals surface area contributed by atoms with Gasteiger partial charge in [-0.15, -0.1) is 5.10 Å². The molecule has 1 amide bonds. The number of nitrogens with one attached hydrogen (secondary N) is 1. The summed E-state index contributed by atoms with van der Waals surface area (Å²) in [6.07, 6.45) is -4.85. The van der Waals surface area contributed by atoms with E-state index in [1.54, 1.807) is 0 Å². The summed E-state index contributed by atoms with van der Waals surface area (Å²) in [5.41, 5.74) is -3.04. The van der Waals surface area contributed by atoms with Crippen LogP contribution in [-0.2, 0) is 17.9 Å². The van der Waals surface area contributed by atoms with Gasteiger partial charge in [-0.3, -0.25) is 9.36 Å². The molecule has 8 nitrogen and oxygen atoms in total. The minimum Gasteiger partial charge on any atom is -0.483 e. The molecule has 1 aliphatic rings. The van der Waals surface area contributed by atoms with Gasteiger partial charge in [0.2, 0.25) is 0 Å². The number of hydrogen-bond donors (Lipinski definition) is 1. The Morgan fingerprint density at radius 1 is 1.17 bits per heavy atom. The van der Waals surface area contributed by atoms with E-state index in [1.807, 2.05) is 5.32 Å². The summed E-state index contributed by atoms with van der Waals surface area (Å²) < 4.78 is 92.7. The molecule has 0 fully saturated rings. The molecule has 35 heavy (non-hydrogen) atoms. The number of amides is 1. The Kier molecular flexibility index (Phi) is 6.51. The van der Waals surface area contributed by atoms with Gasteiger partial charge in [0.05, 0.1) is 24.4 Å². The van der Waals surface area contributed by atoms with Crippen molar-refractivity contribution in [1.29, 1.82) is 0 Å². The summed E-state index contributed by atoms with van der Waals surface area (Å²) in [7, 11) is 0. The van der Waals surface area contributed by atoms with E-state index in [9.17, 15) is 35.9 Å². The second-order valence-corrected chi connectivity index (χ2v) is 7.57. The fraction of sp³-hybridized carbons (Fsp3) is 0.250. The predicted molar refractivity (Wildman–Crippen MR) is 108 cm³/mol. The van der Waals surface area contributed by atoms with Crippen LogP contribution in [-0.4, -0.2) is 39.6 Å². The summed E-state index contributed by atoms with van der Waals surface area (Å²) in [6.45, 7) is -1.62. The molecule has 1 aliphatic heterocycles. The van der Waals surface area contributed by atoms with E-state index in [4.69, 9.17) is 16.3 Å². The first kappa shape index (κ1) is 24.6. The standard InChI is InChI=1S/C20H13ClF6N4O4/c21-16-10(22)1-2-11(23)17(16)28-18(32)9-5-12(24)13(6-14(9)35-8-20(25,26)27)31-19(33)30-3-4-34-7-15(30)29-31/h1-2,5-6H,3-4,7-8H2,(H,28,32). The van der Waals surface area contributed by atoms with Crippen molar-refractivity contribution in [1.82, 2.24) is 14.3 Å². The van der Waals surface area contributed by atoms with Gasteiger partial charge < -0.3 is 14.8 Å². The molecule has 0 saturated carbocycles. The largest absolute Gasteiger partial charge is 0.483 e. The van der Waals surface area contributed by atoms with Gasteiger partial charge in [-0.2, -0.15) is 17.9 Å². The van der Waals surface area contributed by atoms with E-state index in [-0.39, 0.29) is 25.6 Å². The average molecular weight is 523 g/mol. The van der Waals surface area contributed by atoms with Crippen LogP contribution >= 0.6 is 11.6 Å². The molecule has 0 spiro atoms. The number of ether oxygens (including phenoxy) is 2. The first-order valence-electron chi connectivity index (χ1n) is 9.71. The molecule has 186 valence electrons. The topological polar surface area (TPSA) is 87.4 Å². The number of alkyl halides is 3. The van der Waals surface area contributed by atoms with Crippen LogP contribution in [0.3, 0.4) is 0 Å². The number of rotatable bonds is 5. The smallest absolute Gasteiger partial charge is 0.422 e. The molecule has 0 atom stereocenters. The van der Waals surface area contributed by atoms with Crippen LogP contribution in [0.5, 0.6) is 5.75 Å². The van der Waals surface area contributed by atoms with Crippen molar-refractivity contribution in [3.05, 3.63) is 68.6 Å². The highest BCUT2D eigenvalue weighted by atomic mass is 35.5. The van der Waals surface area contributed by atoms with Crippen LogP contribution in [0, 0.1) is 17.5 Å². The quantitative estimate of drug-likeness (QED) is 0.407. The number of aromatic nitrogens is 3. The van der Waals surface area contributed by atoms with Gasteiger partial charge in [0, 0.05) is 6.07 Å². The van der Waals surface area contributed by atoms with E-state index >= 15 is 0 Å². The summed E-state index contributed by atoms with van der Waals surface area (Å²) in [5, 5.41) is 5.00. The van der Waals surface area contributed by atoms with Crippen molar-refractivity contribution < 1.29 is 40.6 Å². The van der Waals surface area contributed by atoms with Gasteiger partial charge in [-0.1, -0.05) is 11.6 Å². The van der Waals surface area contributed by atoms with Crippen LogP contribution < -0.4 is 15.7 Å². The predicted octanol–water partition coefficient (Wildman–Crippen LogP) is 3.83. The third-order valence-electron chi connectivity index (χ3n) is 4.83. The maximum absolute atomic E-state index is 15.0. The molecule has 2 aromatic carbocycles. The number of hydrogen-bond acceptors (Lipinski definition) is 5. The molecule has 3 aromatic rings. The number of carbonyl (C=O) groups excluding carboxylic acids is 1. The first-order valence-corrected chi connectivity index (χ1v) is 10.1. The maximum Gasteiger partial charge on any atom is 0.422 e. The van der Waals surface area contributed by atoms with Gasteiger partial charge in [-0.25, -0.2) is 18.0 Å². The lowest BCUT2D eigenvalue weighted by Gasteiger charge is -2.16. The van der Waals surface area contributed by atoms with Crippen LogP contribution in [0.4, 0.5) is 32.0 Å². The Bertz CT molecular complexity index is 1370. The van der Waals surface area contributed by atoms with Crippen molar-refractivity contribution >= 4 is 23.2 Å². The molecular weight excluding hydrogens is 510 g/mol. The van der Waals surface area contributed by atoms with Crippen molar-refractivity contribution in [2.75, 3.05) is 18.5 Å². The van der Waals surface area contributed by atoms with Crippen molar-refractivity contribution in [2.24, 2.45) is 0 Å². The number of halogens is 7. The molecule has 1 aromatic heterocycles. The second-order valence-electron chi connectivity index (χ2n) is 7.19. The fourth-order valence-corrected chi connectivity index (χ4v) is 3.43. The van der Waals surface area contributed by atoms with Crippen molar-refractivity contribution in [3.8, 4) is 11.4 Å². The zero-order valence-electron chi connectivity index (χ0n) is 17.3. The summed E-state index contributed by atoms with van der Waals surface area (Å²) in [5.74, 6) is -5.50. The monoisotopic (exact) mass is 522 g/mol. The average Bonchev–Trinajstić information content (AvgIpc) is 3.14. The van der Waals surface area contributed by atoms with Crippen LogP contribution in [0.25, 0.3) is 5.69 Å². The molecule has 2 heterocycles. The summed E-state index contributed by atoms with van der Waals surface area (Å²) in [6, 6.07) is 2.48. The highest BCUT2D eigenvalue weighted by Crippen LogP contribution is 2.31. The zero-order chi connectivity index (χ0) is 25.5. The molecule has 1 N–H and O–H groups in total. The Balaban J connectivity index is 1.78. The fourth-order valence-electron chi connectivity index (χ4n) is 3.23. The first-order chi connectivity index (χ1) is 16.5. The molecule has 0 bridgehead atoms. The second kappa shape index (κ2) is 9.26. The summed E-state index contributed by atoms with van der Waals surface area (Å²) in [4.78, 5) is 25.3. The Morgan fingerprint density at radius 2 is 1.89 bits per heavy atom. The normalized spacial score (nSPS) is 13.5. The number of benzene rings is 2. The number of fused-ring (bicyclic) bond motifs is 1. The van der Waals surface area contributed by atoms with Gasteiger partial charge in [0.15, 0.2) is 12.4 Å². The third-order valence-corrected chi connectivity index (χ3v) is 5.19. The number of carbonyl (C=O) groups is 1. The Morgan fingerprint density at radius 3 is 2.57 bits per heavy atom. The molecular formula is C20H13ClF6N4O4. The lowest BCUT2D eigenvalue weighted by atomic mass is 10.1. The maximum atomic E-state index is 15.0. The Labute approximate surface area is 196 Å². The molecule has 15 heteroatoms. The molecule has 0 radical (unpaired) electrons. The van der Waals surface area contributed by atoms with E-state index in [0.29, 0.717) is 28.9 Å².